The third-order valence-corrected chi connectivity index (χ3v) is 6.47. The molecule has 3 aromatic rings. The normalized spacial score (nSPS) is 11.7. The molecule has 35 heavy (non-hydrogen) atoms. The van der Waals surface area contributed by atoms with E-state index in [1.165, 1.54) is 56.4 Å². The minimum Gasteiger partial charge on any atom is -0.337 e. The van der Waals surface area contributed by atoms with Crippen molar-refractivity contribution in [1.82, 2.24) is 34.2 Å². The third-order valence-electron chi connectivity index (χ3n) is 6.47. The van der Waals surface area contributed by atoms with Gasteiger partial charge in [0.1, 0.15) is 11.6 Å². The number of nitrogens with zero attached hydrogens (tertiary/aromatic N) is 6. The minimum absolute atomic E-state index is 0.732. The summed E-state index contributed by atoms with van der Waals surface area (Å²) in [5.41, 5.74) is 2.67. The highest BCUT2D eigenvalue weighted by Crippen LogP contribution is 2.09. The van der Waals surface area contributed by atoms with E-state index < -0.39 is 0 Å². The number of aromatic nitrogens is 4. The van der Waals surface area contributed by atoms with E-state index in [1.807, 2.05) is 36.4 Å². The van der Waals surface area contributed by atoms with Crippen molar-refractivity contribution in [3.63, 3.8) is 0 Å². The molecule has 0 spiro atoms. The molecular formula is C28H45N7. The number of hydrogen-bond donors (Lipinski definition) is 1. The highest BCUT2D eigenvalue weighted by molar-refractivity contribution is 5.22. The fourth-order valence-corrected chi connectivity index (χ4v) is 4.51. The van der Waals surface area contributed by atoms with Crippen LogP contribution in [-0.2, 0) is 33.2 Å². The molecule has 0 fully saturated rings. The van der Waals surface area contributed by atoms with Crippen LogP contribution in [0, 0.1) is 0 Å². The van der Waals surface area contributed by atoms with Crippen LogP contribution in [0.25, 0.3) is 0 Å². The van der Waals surface area contributed by atoms with Gasteiger partial charge in [-0.15, -0.1) is 0 Å². The summed E-state index contributed by atoms with van der Waals surface area (Å²) in [5, 5.41) is 3.54. The van der Waals surface area contributed by atoms with Crippen LogP contribution in [0.2, 0.25) is 0 Å². The molecule has 1 N–H and O–H groups in total. The zero-order valence-electron chi connectivity index (χ0n) is 22.3. The molecule has 0 unspecified atom stereocenters. The van der Waals surface area contributed by atoms with Crippen molar-refractivity contribution in [2.45, 2.75) is 65.7 Å². The summed E-state index contributed by atoms with van der Waals surface area (Å²) in [6, 6.07) is 9.01. The van der Waals surface area contributed by atoms with E-state index in [2.05, 4.69) is 74.8 Å². The van der Waals surface area contributed by atoms with Crippen LogP contribution in [-0.4, -0.2) is 62.1 Å². The molecule has 0 saturated carbocycles. The van der Waals surface area contributed by atoms with E-state index in [1.54, 1.807) is 0 Å². The number of rotatable bonds is 17. The molecule has 1 aromatic carbocycles. The lowest BCUT2D eigenvalue weighted by Gasteiger charge is -2.22. The standard InChI is InChI=1S/C28H45N7/c1-5-15-34(16-6-2)18-8-7-17-32(3)23-26-11-9-25(10-12-26)21-29-22-27-30-14-20-35(27)24-28-31-13-19-33(28)4/h9-14,19-20,29H,5-8,15-18,21-24H2,1-4H3. The Bertz CT molecular complexity index is 954. The first-order chi connectivity index (χ1) is 17.1. The van der Waals surface area contributed by atoms with Crippen LogP contribution in [0.3, 0.4) is 0 Å². The molecule has 7 heteroatoms. The van der Waals surface area contributed by atoms with Gasteiger partial charge in [0.2, 0.25) is 0 Å². The van der Waals surface area contributed by atoms with Crippen molar-refractivity contribution in [3.8, 4) is 0 Å². The smallest absolute Gasteiger partial charge is 0.128 e. The maximum atomic E-state index is 4.52. The second-order valence-electron chi connectivity index (χ2n) is 9.63. The molecule has 0 aliphatic rings. The lowest BCUT2D eigenvalue weighted by Crippen LogP contribution is -2.27. The first-order valence-corrected chi connectivity index (χ1v) is 13.2. The van der Waals surface area contributed by atoms with E-state index in [0.717, 1.165) is 44.4 Å². The van der Waals surface area contributed by atoms with Gasteiger partial charge in [-0.1, -0.05) is 38.1 Å². The van der Waals surface area contributed by atoms with Gasteiger partial charge in [0.15, 0.2) is 0 Å². The van der Waals surface area contributed by atoms with Gasteiger partial charge >= 0.3 is 0 Å². The molecule has 0 bridgehead atoms. The summed E-state index contributed by atoms with van der Waals surface area (Å²) in [7, 11) is 4.26. The number of hydrogen-bond acceptors (Lipinski definition) is 5. The number of nitrogens with one attached hydrogen (secondary N) is 1. The zero-order valence-corrected chi connectivity index (χ0v) is 22.3. The predicted molar refractivity (Wildman–Crippen MR) is 144 cm³/mol. The third kappa shape index (κ3) is 9.24. The Kier molecular flexibility index (Phi) is 11.5. The summed E-state index contributed by atoms with van der Waals surface area (Å²) in [5.74, 6) is 2.05. The molecule has 192 valence electrons. The Hall–Kier alpha value is -2.48. The van der Waals surface area contributed by atoms with Gasteiger partial charge in [-0.25, -0.2) is 9.97 Å². The number of imidazole rings is 2. The van der Waals surface area contributed by atoms with Crippen LogP contribution in [0.1, 0.15) is 62.3 Å². The molecule has 2 aromatic heterocycles. The second kappa shape index (κ2) is 14.8. The molecule has 7 nitrogen and oxygen atoms in total. The van der Waals surface area contributed by atoms with Crippen molar-refractivity contribution < 1.29 is 0 Å². The van der Waals surface area contributed by atoms with Gasteiger partial charge in [-0.05, 0) is 70.0 Å². The topological polar surface area (TPSA) is 54.1 Å². The molecule has 0 radical (unpaired) electrons. The van der Waals surface area contributed by atoms with Gasteiger partial charge < -0.3 is 24.3 Å². The Morgan fingerprint density at radius 2 is 1.46 bits per heavy atom. The summed E-state index contributed by atoms with van der Waals surface area (Å²) in [4.78, 5) is 14.0. The summed E-state index contributed by atoms with van der Waals surface area (Å²) in [6.45, 7) is 12.7. The molecule has 0 amide bonds. The van der Waals surface area contributed by atoms with Crippen LogP contribution >= 0.6 is 0 Å². The molecule has 2 heterocycles. The Labute approximate surface area is 212 Å². The average molecular weight is 480 g/mol. The van der Waals surface area contributed by atoms with Crippen molar-refractivity contribution in [3.05, 3.63) is 71.8 Å². The Morgan fingerprint density at radius 1 is 0.800 bits per heavy atom. The second-order valence-corrected chi connectivity index (χ2v) is 9.63. The number of unbranched alkanes of at least 4 members (excludes halogenated alkanes) is 1. The van der Waals surface area contributed by atoms with Gasteiger partial charge in [-0.3, -0.25) is 0 Å². The fraction of sp³-hybridized carbons (Fsp3) is 0.571. The van der Waals surface area contributed by atoms with Gasteiger partial charge in [0.05, 0.1) is 13.1 Å². The molecule has 0 saturated heterocycles. The lowest BCUT2D eigenvalue weighted by atomic mass is 10.1. The maximum absolute atomic E-state index is 4.52. The summed E-state index contributed by atoms with van der Waals surface area (Å²) in [6.07, 6.45) is 12.7. The molecular weight excluding hydrogens is 434 g/mol. The first kappa shape index (κ1) is 27.1. The fourth-order valence-electron chi connectivity index (χ4n) is 4.51. The van der Waals surface area contributed by atoms with Crippen LogP contribution in [0.5, 0.6) is 0 Å². The monoisotopic (exact) mass is 479 g/mol. The van der Waals surface area contributed by atoms with Crippen molar-refractivity contribution >= 4 is 0 Å². The van der Waals surface area contributed by atoms with Gasteiger partial charge in [0, 0.05) is 44.9 Å². The van der Waals surface area contributed by atoms with Crippen molar-refractivity contribution in [1.29, 1.82) is 0 Å². The molecule has 0 atom stereocenters. The summed E-state index contributed by atoms with van der Waals surface area (Å²) >= 11 is 0. The Balaban J connectivity index is 1.35. The van der Waals surface area contributed by atoms with Crippen LogP contribution in [0.15, 0.2) is 49.1 Å². The van der Waals surface area contributed by atoms with Crippen molar-refractivity contribution in [2.24, 2.45) is 7.05 Å². The van der Waals surface area contributed by atoms with Crippen molar-refractivity contribution in [2.75, 3.05) is 33.2 Å². The number of aryl methyl sites for hydroxylation is 1. The van der Waals surface area contributed by atoms with E-state index in [4.69, 9.17) is 0 Å². The number of benzene rings is 1. The molecule has 0 aliphatic carbocycles. The van der Waals surface area contributed by atoms with E-state index in [-0.39, 0.29) is 0 Å². The quantitative estimate of drug-likeness (QED) is 0.293. The van der Waals surface area contributed by atoms with E-state index >= 15 is 0 Å². The van der Waals surface area contributed by atoms with Crippen LogP contribution < -0.4 is 5.32 Å². The van der Waals surface area contributed by atoms with Gasteiger partial charge in [-0.2, -0.15) is 0 Å². The molecule has 3 rings (SSSR count). The average Bonchev–Trinajstić information content (AvgIpc) is 3.47. The van der Waals surface area contributed by atoms with E-state index in [0.29, 0.717) is 0 Å². The molecule has 0 aliphatic heterocycles. The summed E-state index contributed by atoms with van der Waals surface area (Å²) < 4.78 is 4.20. The van der Waals surface area contributed by atoms with Crippen LogP contribution in [0.4, 0.5) is 0 Å². The lowest BCUT2D eigenvalue weighted by molar-refractivity contribution is 0.255. The largest absolute Gasteiger partial charge is 0.337 e. The highest BCUT2D eigenvalue weighted by Gasteiger charge is 2.07. The SMILES string of the molecule is CCCN(CCC)CCCCN(C)Cc1ccc(CNCc2nccn2Cc2nccn2C)cc1. The van der Waals surface area contributed by atoms with Gasteiger partial charge in [0.25, 0.3) is 0 Å². The zero-order chi connectivity index (χ0) is 24.9. The predicted octanol–water partition coefficient (Wildman–Crippen LogP) is 4.29. The van der Waals surface area contributed by atoms with E-state index in [9.17, 15) is 0 Å². The Morgan fingerprint density at radius 3 is 2.14 bits per heavy atom. The maximum Gasteiger partial charge on any atom is 0.128 e. The first-order valence-electron chi connectivity index (χ1n) is 13.2. The minimum atomic E-state index is 0.732. The highest BCUT2D eigenvalue weighted by atomic mass is 15.1.